The molecule has 19 heteroatoms. The van der Waals surface area contributed by atoms with Crippen LogP contribution in [0.15, 0.2) is 0 Å². The topological polar surface area (TPSA) is 342 Å². The van der Waals surface area contributed by atoms with E-state index in [2.05, 4.69) is 0 Å². The molecule has 0 aliphatic rings. The summed E-state index contributed by atoms with van der Waals surface area (Å²) in [5.41, 5.74) is 0. The largest absolute Gasteiger partial charge is 4.00 e. The van der Waals surface area contributed by atoms with Gasteiger partial charge in [0.2, 0.25) is 0 Å². The minimum absolute atomic E-state index is 0. The summed E-state index contributed by atoms with van der Waals surface area (Å²) in [4.78, 5) is 0. The van der Waals surface area contributed by atoms with Gasteiger partial charge >= 0.3 is 175 Å². The van der Waals surface area contributed by atoms with Gasteiger partial charge < -0.3 is 65.7 Å². The van der Waals surface area contributed by atoms with E-state index >= 15 is 0 Å². The Morgan fingerprint density at radius 1 is 0.158 bits per heavy atom. The molecule has 0 N–H and O–H groups in total. The van der Waals surface area contributed by atoms with Crippen LogP contribution in [0.2, 0.25) is 0 Å². The van der Waals surface area contributed by atoms with Gasteiger partial charge in [-0.15, -0.1) is 0 Å². The first-order valence-corrected chi connectivity index (χ1v) is 0. The molecule has 0 radical (unpaired) electrons. The van der Waals surface area contributed by atoms with E-state index in [-0.39, 0.29) is 241 Å². The molecule has 0 heterocycles. The van der Waals surface area contributed by atoms with E-state index < -0.39 is 0 Å². The predicted molar refractivity (Wildman–Crippen MR) is 48.5 cm³/mol. The Morgan fingerprint density at radius 2 is 0.158 bits per heavy atom. The van der Waals surface area contributed by atoms with Gasteiger partial charge in [0, 0.05) is 0 Å². The van der Waals surface area contributed by atoms with Crippen molar-refractivity contribution < 1.29 is 65.7 Å². The van der Waals surface area contributed by atoms with Crippen molar-refractivity contribution in [1.82, 2.24) is 0 Å². The fourth-order valence-electron chi connectivity index (χ4n) is 0. The van der Waals surface area contributed by atoms with Gasteiger partial charge in [0.05, 0.1) is 0 Å². The molecule has 0 rings (SSSR count). The van der Waals surface area contributed by atoms with Crippen molar-refractivity contribution in [3.63, 3.8) is 0 Å². The number of hydrogen-bond acceptors (Lipinski definition) is 0. The Hall–Kier alpha value is 5.40. The monoisotopic (exact) mass is 1010 g/mol. The zero-order valence-electron chi connectivity index (χ0n) is 8.71. The van der Waals surface area contributed by atoms with Crippen molar-refractivity contribution >= 4 is 175 Å². The van der Waals surface area contributed by atoms with Gasteiger partial charge in [0.1, 0.15) is 0 Å². The second-order valence-electron chi connectivity index (χ2n) is 0. The standard InChI is InChI=1S/4In.12O.3Sn/q4*+3;12*-2;3*+4. The smallest absolute Gasteiger partial charge is 2.00 e. The van der Waals surface area contributed by atoms with Crippen LogP contribution in [-0.4, -0.2) is 175 Å². The first-order valence-electron chi connectivity index (χ1n) is 0. The Labute approximate surface area is 236 Å². The van der Waals surface area contributed by atoms with Gasteiger partial charge in [0.15, 0.2) is 0 Å². The summed E-state index contributed by atoms with van der Waals surface area (Å²) >= 11 is 0. The summed E-state index contributed by atoms with van der Waals surface area (Å²) in [6.07, 6.45) is 0. The average Bonchev–Trinajstić information content (AvgIpc) is 0. The summed E-state index contributed by atoms with van der Waals surface area (Å²) < 4.78 is 0. The van der Waals surface area contributed by atoms with Crippen LogP contribution in [0.5, 0.6) is 0 Å². The van der Waals surface area contributed by atoms with Crippen LogP contribution in [0.1, 0.15) is 0 Å². The van der Waals surface area contributed by atoms with Crippen LogP contribution in [-0.2, 0) is 65.7 Å². The maximum Gasteiger partial charge on any atom is 4.00 e. The molecule has 19 heavy (non-hydrogen) atoms. The fourth-order valence-corrected chi connectivity index (χ4v) is 0. The van der Waals surface area contributed by atoms with E-state index in [0.29, 0.717) is 0 Å². The van der Waals surface area contributed by atoms with Gasteiger partial charge in [0.25, 0.3) is 0 Å². The Morgan fingerprint density at radius 3 is 0.158 bits per heavy atom. The van der Waals surface area contributed by atoms with Gasteiger partial charge in [-0.1, -0.05) is 0 Å². The van der Waals surface area contributed by atoms with Crippen molar-refractivity contribution in [2.45, 2.75) is 0 Å². The first kappa shape index (κ1) is 459. The summed E-state index contributed by atoms with van der Waals surface area (Å²) in [5, 5.41) is 0. The summed E-state index contributed by atoms with van der Waals surface area (Å²) in [7, 11) is 0. The molecule has 0 amide bonds. The minimum Gasteiger partial charge on any atom is -2.00 e. The first-order chi connectivity index (χ1) is 0. The van der Waals surface area contributed by atoms with E-state index in [0.717, 1.165) is 0 Å². The zero-order valence-corrected chi connectivity index (χ0v) is 30.5. The molecule has 0 saturated heterocycles. The summed E-state index contributed by atoms with van der Waals surface area (Å²) in [6.45, 7) is 0. The van der Waals surface area contributed by atoms with Crippen LogP contribution in [0.4, 0.5) is 0 Å². The van der Waals surface area contributed by atoms with Gasteiger partial charge in [-0.2, -0.15) is 0 Å². The molecule has 0 aromatic heterocycles. The van der Waals surface area contributed by atoms with Crippen LogP contribution in [0.3, 0.4) is 0 Å². The Bertz CT molecular complexity index is 24.9. The molecule has 0 aromatic rings. The third-order valence-corrected chi connectivity index (χ3v) is 0. The van der Waals surface area contributed by atoms with E-state index in [4.69, 9.17) is 0 Å². The summed E-state index contributed by atoms with van der Waals surface area (Å²) in [5.74, 6) is 0. The molecule has 12 nitrogen and oxygen atoms in total. The van der Waals surface area contributed by atoms with Gasteiger partial charge in [-0.25, -0.2) is 0 Å². The van der Waals surface area contributed by atoms with Crippen LogP contribution >= 0.6 is 0 Å². The molecule has 0 unspecified atom stereocenters. The normalized spacial score (nSPS) is 0. The number of hydrogen-bond donors (Lipinski definition) is 0. The van der Waals surface area contributed by atoms with Crippen molar-refractivity contribution in [3.05, 3.63) is 0 Å². The fraction of sp³-hybridized carbons (Fsp3) is 0. The second kappa shape index (κ2) is 403. The van der Waals surface area contributed by atoms with Gasteiger partial charge in [-0.05, 0) is 0 Å². The molecule has 0 atom stereocenters. The maximum absolute atomic E-state index is 0. The van der Waals surface area contributed by atoms with E-state index in [1.165, 1.54) is 0 Å². The Kier molecular flexibility index (Phi) is 9730. The zero-order chi connectivity index (χ0) is 0. The van der Waals surface area contributed by atoms with E-state index in [1.807, 2.05) is 0 Å². The predicted octanol–water partition coefficient (Wildman–Crippen LogP) is -4.09. The number of rotatable bonds is 0. The van der Waals surface area contributed by atoms with Gasteiger partial charge in [-0.3, -0.25) is 0 Å². The maximum atomic E-state index is 0. The van der Waals surface area contributed by atoms with Crippen molar-refractivity contribution in [2.75, 3.05) is 0 Å². The van der Waals surface area contributed by atoms with Crippen LogP contribution < -0.4 is 0 Å². The van der Waals surface area contributed by atoms with Crippen molar-refractivity contribution in [1.29, 1.82) is 0 Å². The van der Waals surface area contributed by atoms with E-state index in [9.17, 15) is 0 Å². The molecule has 0 aliphatic heterocycles. The minimum atomic E-state index is 0. The van der Waals surface area contributed by atoms with E-state index in [1.54, 1.807) is 0 Å². The quantitative estimate of drug-likeness (QED) is 0.209. The second-order valence-corrected chi connectivity index (χ2v) is 0. The van der Waals surface area contributed by atoms with Crippen LogP contribution in [0.25, 0.3) is 0 Å². The van der Waals surface area contributed by atoms with Crippen LogP contribution in [0, 0.1) is 0 Å². The molecule has 0 saturated carbocycles. The van der Waals surface area contributed by atoms with Crippen molar-refractivity contribution in [3.8, 4) is 0 Å². The molecule has 0 aliphatic carbocycles. The SMILES string of the molecule is [In+3].[In+3].[In+3].[In+3].[O-2].[O-2].[O-2].[O-2].[O-2].[O-2].[O-2].[O-2].[O-2].[O-2].[O-2].[O-2].[Sn+4].[Sn+4].[Sn+4]. The molecule has 0 spiro atoms. The third kappa shape index (κ3) is 368. The molecule has 96 valence electrons. The average molecular weight is 1010 g/mol. The summed E-state index contributed by atoms with van der Waals surface area (Å²) in [6, 6.07) is 0. The molecule has 0 aromatic carbocycles. The van der Waals surface area contributed by atoms with Crippen molar-refractivity contribution in [2.24, 2.45) is 0 Å². The molecular weight excluding hydrogens is 1010 g/mol. The Balaban J connectivity index is 0. The molecule has 0 fully saturated rings. The third-order valence-electron chi connectivity index (χ3n) is 0. The molecular formula is In4O12Sn3. The molecule has 0 bridgehead atoms.